The molecular formula is C16H17N3O3. The van der Waals surface area contributed by atoms with Gasteiger partial charge in [-0.2, -0.15) is 0 Å². The predicted molar refractivity (Wildman–Crippen MR) is 80.0 cm³/mol. The molecule has 1 aliphatic rings. The van der Waals surface area contributed by atoms with Crippen molar-refractivity contribution in [2.45, 2.75) is 18.9 Å². The fourth-order valence-electron chi connectivity index (χ4n) is 2.40. The van der Waals surface area contributed by atoms with Crippen molar-refractivity contribution in [3.8, 4) is 5.88 Å². The number of hydrogen-bond acceptors (Lipinski definition) is 5. The fourth-order valence-corrected chi connectivity index (χ4v) is 2.40. The van der Waals surface area contributed by atoms with Gasteiger partial charge in [0.1, 0.15) is 18.2 Å². The predicted octanol–water partition coefficient (Wildman–Crippen LogP) is 2.15. The van der Waals surface area contributed by atoms with Gasteiger partial charge >= 0.3 is 0 Å². The molecule has 1 fully saturated rings. The molecule has 0 bridgehead atoms. The Hall–Kier alpha value is -2.63. The summed E-state index contributed by atoms with van der Waals surface area (Å²) in [6.07, 6.45) is 9.67. The Kier molecular flexibility index (Phi) is 4.48. The van der Waals surface area contributed by atoms with Gasteiger partial charge < -0.3 is 14.1 Å². The SMILES string of the molecule is O=C(C=Cc1ccco1)N1CCCC(Oc2ccncn2)C1. The first-order chi connectivity index (χ1) is 10.8. The number of aromatic nitrogens is 2. The number of hydrogen-bond donors (Lipinski definition) is 0. The van der Waals surface area contributed by atoms with Crippen LogP contribution in [-0.2, 0) is 4.79 Å². The van der Waals surface area contributed by atoms with Crippen molar-refractivity contribution in [1.82, 2.24) is 14.9 Å². The quantitative estimate of drug-likeness (QED) is 0.809. The van der Waals surface area contributed by atoms with Gasteiger partial charge in [0, 0.05) is 24.9 Å². The smallest absolute Gasteiger partial charge is 0.246 e. The zero-order valence-corrected chi connectivity index (χ0v) is 12.1. The zero-order valence-electron chi connectivity index (χ0n) is 12.1. The summed E-state index contributed by atoms with van der Waals surface area (Å²) in [6, 6.07) is 5.31. The molecule has 6 nitrogen and oxygen atoms in total. The topological polar surface area (TPSA) is 68.5 Å². The Labute approximate surface area is 128 Å². The van der Waals surface area contributed by atoms with Gasteiger partial charge in [-0.3, -0.25) is 4.79 Å². The number of carbonyl (C=O) groups is 1. The lowest BCUT2D eigenvalue weighted by Gasteiger charge is -2.31. The number of likely N-dealkylation sites (tertiary alicyclic amines) is 1. The molecule has 6 heteroatoms. The number of furan rings is 1. The second kappa shape index (κ2) is 6.89. The van der Waals surface area contributed by atoms with Crippen LogP contribution in [0.1, 0.15) is 18.6 Å². The van der Waals surface area contributed by atoms with Crippen LogP contribution < -0.4 is 4.74 Å². The number of nitrogens with zero attached hydrogens (tertiary/aromatic N) is 3. The van der Waals surface area contributed by atoms with Gasteiger partial charge in [0.15, 0.2) is 0 Å². The summed E-state index contributed by atoms with van der Waals surface area (Å²) < 4.78 is 11.0. The summed E-state index contributed by atoms with van der Waals surface area (Å²) in [7, 11) is 0. The maximum atomic E-state index is 12.2. The van der Waals surface area contributed by atoms with E-state index in [0.717, 1.165) is 19.4 Å². The standard InChI is InChI=1S/C16H17N3O3/c20-16(6-5-13-4-2-10-21-13)19-9-1-3-14(11-19)22-15-7-8-17-12-18-15/h2,4-8,10,12,14H,1,3,9,11H2. The first kappa shape index (κ1) is 14.3. The second-order valence-electron chi connectivity index (χ2n) is 5.06. The van der Waals surface area contributed by atoms with Gasteiger partial charge in [0.05, 0.1) is 12.8 Å². The van der Waals surface area contributed by atoms with Gasteiger partial charge in [-0.1, -0.05) is 0 Å². The minimum Gasteiger partial charge on any atom is -0.472 e. The Morgan fingerprint density at radius 3 is 3.18 bits per heavy atom. The molecule has 114 valence electrons. The van der Waals surface area contributed by atoms with E-state index >= 15 is 0 Å². The normalized spacial score (nSPS) is 18.5. The monoisotopic (exact) mass is 299 g/mol. The summed E-state index contributed by atoms with van der Waals surface area (Å²) in [4.78, 5) is 21.9. The number of carbonyl (C=O) groups excluding carboxylic acids is 1. The lowest BCUT2D eigenvalue weighted by Crippen LogP contribution is -2.43. The van der Waals surface area contributed by atoms with Crippen LogP contribution >= 0.6 is 0 Å². The van der Waals surface area contributed by atoms with E-state index in [1.54, 1.807) is 41.6 Å². The Bertz CT molecular complexity index is 625. The Morgan fingerprint density at radius 1 is 1.45 bits per heavy atom. The van der Waals surface area contributed by atoms with E-state index in [1.807, 2.05) is 0 Å². The van der Waals surface area contributed by atoms with E-state index in [-0.39, 0.29) is 12.0 Å². The Morgan fingerprint density at radius 2 is 2.41 bits per heavy atom. The molecule has 1 saturated heterocycles. The lowest BCUT2D eigenvalue weighted by molar-refractivity contribution is -0.128. The van der Waals surface area contributed by atoms with E-state index in [9.17, 15) is 4.79 Å². The average molecular weight is 299 g/mol. The van der Waals surface area contributed by atoms with Gasteiger partial charge in [-0.05, 0) is 31.1 Å². The summed E-state index contributed by atoms with van der Waals surface area (Å²) in [6.45, 7) is 1.30. The first-order valence-electron chi connectivity index (χ1n) is 7.24. The molecule has 0 saturated carbocycles. The van der Waals surface area contributed by atoms with E-state index in [1.165, 1.54) is 12.4 Å². The Balaban J connectivity index is 1.57. The van der Waals surface area contributed by atoms with Crippen LogP contribution in [0.15, 0.2) is 47.5 Å². The van der Waals surface area contributed by atoms with Crippen LogP contribution in [0.2, 0.25) is 0 Å². The maximum Gasteiger partial charge on any atom is 0.246 e. The number of amides is 1. The summed E-state index contributed by atoms with van der Waals surface area (Å²) in [5.41, 5.74) is 0. The third-order valence-corrected chi connectivity index (χ3v) is 3.47. The molecular weight excluding hydrogens is 282 g/mol. The minimum absolute atomic E-state index is 0.0348. The maximum absolute atomic E-state index is 12.2. The van der Waals surface area contributed by atoms with E-state index in [0.29, 0.717) is 18.2 Å². The highest BCUT2D eigenvalue weighted by atomic mass is 16.5. The molecule has 1 atom stereocenters. The van der Waals surface area contributed by atoms with Crippen LogP contribution in [0.4, 0.5) is 0 Å². The molecule has 0 radical (unpaired) electrons. The second-order valence-corrected chi connectivity index (χ2v) is 5.06. The van der Waals surface area contributed by atoms with Crippen LogP contribution in [-0.4, -0.2) is 40.0 Å². The van der Waals surface area contributed by atoms with Crippen LogP contribution in [0.3, 0.4) is 0 Å². The molecule has 0 spiro atoms. The molecule has 2 aromatic rings. The molecule has 1 amide bonds. The van der Waals surface area contributed by atoms with Crippen molar-refractivity contribution in [3.63, 3.8) is 0 Å². The van der Waals surface area contributed by atoms with Gasteiger partial charge in [0.2, 0.25) is 11.8 Å². The largest absolute Gasteiger partial charge is 0.472 e. The zero-order chi connectivity index (χ0) is 15.2. The van der Waals surface area contributed by atoms with Crippen molar-refractivity contribution in [1.29, 1.82) is 0 Å². The average Bonchev–Trinajstić information content (AvgIpc) is 3.07. The van der Waals surface area contributed by atoms with Crippen molar-refractivity contribution in [3.05, 3.63) is 48.8 Å². The number of ether oxygens (including phenoxy) is 1. The van der Waals surface area contributed by atoms with Gasteiger partial charge in [-0.15, -0.1) is 0 Å². The summed E-state index contributed by atoms with van der Waals surface area (Å²) in [5, 5.41) is 0. The minimum atomic E-state index is -0.0374. The van der Waals surface area contributed by atoms with Crippen LogP contribution in [0, 0.1) is 0 Å². The van der Waals surface area contributed by atoms with Crippen LogP contribution in [0.25, 0.3) is 6.08 Å². The highest BCUT2D eigenvalue weighted by Gasteiger charge is 2.24. The molecule has 2 aromatic heterocycles. The van der Waals surface area contributed by atoms with Gasteiger partial charge in [-0.25, -0.2) is 9.97 Å². The van der Waals surface area contributed by atoms with Crippen molar-refractivity contribution in [2.24, 2.45) is 0 Å². The third kappa shape index (κ3) is 3.72. The number of rotatable bonds is 4. The molecule has 0 N–H and O–H groups in total. The van der Waals surface area contributed by atoms with Gasteiger partial charge in [0.25, 0.3) is 0 Å². The molecule has 0 aromatic carbocycles. The molecule has 1 unspecified atom stereocenters. The third-order valence-electron chi connectivity index (χ3n) is 3.47. The molecule has 1 aliphatic heterocycles. The summed E-state index contributed by atoms with van der Waals surface area (Å²) in [5.74, 6) is 1.17. The lowest BCUT2D eigenvalue weighted by atomic mass is 10.1. The van der Waals surface area contributed by atoms with E-state index < -0.39 is 0 Å². The molecule has 22 heavy (non-hydrogen) atoms. The number of piperidine rings is 1. The van der Waals surface area contributed by atoms with E-state index in [2.05, 4.69) is 9.97 Å². The summed E-state index contributed by atoms with van der Waals surface area (Å²) >= 11 is 0. The van der Waals surface area contributed by atoms with Crippen molar-refractivity contribution >= 4 is 12.0 Å². The highest BCUT2D eigenvalue weighted by Crippen LogP contribution is 2.16. The molecule has 0 aliphatic carbocycles. The fraction of sp³-hybridized carbons (Fsp3) is 0.312. The highest BCUT2D eigenvalue weighted by molar-refractivity contribution is 5.91. The molecule has 3 heterocycles. The first-order valence-corrected chi connectivity index (χ1v) is 7.24. The van der Waals surface area contributed by atoms with Crippen LogP contribution in [0.5, 0.6) is 5.88 Å². The van der Waals surface area contributed by atoms with E-state index in [4.69, 9.17) is 9.15 Å². The van der Waals surface area contributed by atoms with Crippen molar-refractivity contribution < 1.29 is 13.9 Å². The van der Waals surface area contributed by atoms with Crippen molar-refractivity contribution in [2.75, 3.05) is 13.1 Å². The molecule has 3 rings (SSSR count).